The molecule has 0 heterocycles. The minimum absolute atomic E-state index is 0.0677. The molecule has 0 aromatic heterocycles. The number of nitro benzene ring substituents is 1. The number of para-hydroxylation sites is 1. The van der Waals surface area contributed by atoms with Crippen LogP contribution in [0, 0.1) is 10.1 Å². The highest BCUT2D eigenvalue weighted by atomic mass is 16.6. The van der Waals surface area contributed by atoms with E-state index < -0.39 is 4.92 Å². The SMILES string of the molecule is CC(C)(c1ccccc1)c1cc(N=Nc2ccccc2[N+](=O)[O-])cc(C(C)(C)c2ccccc2)c1. The maximum Gasteiger partial charge on any atom is 0.296 e. The fourth-order valence-electron chi connectivity index (χ4n) is 4.25. The van der Waals surface area contributed by atoms with Gasteiger partial charge in [-0.3, -0.25) is 10.1 Å². The number of rotatable bonds is 7. The fraction of sp³-hybridized carbons (Fsp3) is 0.200. The molecular weight excluding hydrogens is 434 g/mol. The summed E-state index contributed by atoms with van der Waals surface area (Å²) in [5.41, 5.74) is 4.83. The molecule has 0 bridgehead atoms. The standard InChI is InChI=1S/C30H29N3O2/c1-29(2,22-13-7-5-8-14-22)24-19-25(30(3,4)23-15-9-6-10-16-23)21-26(20-24)31-32-27-17-11-12-18-28(27)33(34)35/h5-21H,1-4H3. The van der Waals surface area contributed by atoms with E-state index in [0.29, 0.717) is 5.69 Å². The number of benzene rings is 4. The van der Waals surface area contributed by atoms with Crippen molar-refractivity contribution in [3.8, 4) is 0 Å². The molecule has 35 heavy (non-hydrogen) atoms. The quantitative estimate of drug-likeness (QED) is 0.156. The van der Waals surface area contributed by atoms with E-state index >= 15 is 0 Å². The number of nitro groups is 1. The summed E-state index contributed by atoms with van der Waals surface area (Å²) >= 11 is 0. The van der Waals surface area contributed by atoms with E-state index in [-0.39, 0.29) is 22.2 Å². The Hall–Kier alpha value is -4.12. The van der Waals surface area contributed by atoms with Gasteiger partial charge in [-0.15, -0.1) is 5.11 Å². The second-order valence-electron chi connectivity index (χ2n) is 9.70. The molecule has 4 rings (SSSR count). The van der Waals surface area contributed by atoms with E-state index in [9.17, 15) is 10.1 Å². The Labute approximate surface area is 206 Å². The van der Waals surface area contributed by atoms with Crippen molar-refractivity contribution in [2.45, 2.75) is 38.5 Å². The number of hydrogen-bond acceptors (Lipinski definition) is 4. The van der Waals surface area contributed by atoms with Gasteiger partial charge in [-0.25, -0.2) is 0 Å². The molecule has 0 spiro atoms. The maximum absolute atomic E-state index is 11.4. The van der Waals surface area contributed by atoms with Crippen LogP contribution in [0.4, 0.5) is 17.1 Å². The van der Waals surface area contributed by atoms with Gasteiger partial charge in [0.15, 0.2) is 5.69 Å². The van der Waals surface area contributed by atoms with Crippen LogP contribution in [0.2, 0.25) is 0 Å². The lowest BCUT2D eigenvalue weighted by Gasteiger charge is -2.31. The summed E-state index contributed by atoms with van der Waals surface area (Å²) in [4.78, 5) is 11.0. The molecule has 0 unspecified atom stereocenters. The zero-order valence-electron chi connectivity index (χ0n) is 20.5. The molecule has 0 N–H and O–H groups in total. The fourth-order valence-corrected chi connectivity index (χ4v) is 4.25. The van der Waals surface area contributed by atoms with Crippen molar-refractivity contribution < 1.29 is 4.92 Å². The van der Waals surface area contributed by atoms with Crippen molar-refractivity contribution in [1.82, 2.24) is 0 Å². The summed E-state index contributed by atoms with van der Waals surface area (Å²) in [5.74, 6) is 0. The van der Waals surface area contributed by atoms with Gasteiger partial charge in [0.25, 0.3) is 5.69 Å². The zero-order valence-corrected chi connectivity index (χ0v) is 20.5. The van der Waals surface area contributed by atoms with E-state index in [0.717, 1.165) is 11.1 Å². The second-order valence-corrected chi connectivity index (χ2v) is 9.70. The third-order valence-electron chi connectivity index (χ3n) is 6.70. The maximum atomic E-state index is 11.4. The first-order chi connectivity index (χ1) is 16.7. The van der Waals surface area contributed by atoms with Crippen LogP contribution in [0.5, 0.6) is 0 Å². The summed E-state index contributed by atoms with van der Waals surface area (Å²) in [7, 11) is 0. The third kappa shape index (κ3) is 5.04. The summed E-state index contributed by atoms with van der Waals surface area (Å²) in [6.45, 7) is 8.78. The summed E-state index contributed by atoms with van der Waals surface area (Å²) in [6, 6.07) is 33.4. The van der Waals surface area contributed by atoms with Gasteiger partial charge < -0.3 is 0 Å². The van der Waals surface area contributed by atoms with Crippen LogP contribution in [0.1, 0.15) is 49.9 Å². The lowest BCUT2D eigenvalue weighted by Crippen LogP contribution is -2.23. The van der Waals surface area contributed by atoms with Crippen LogP contribution in [-0.2, 0) is 10.8 Å². The normalized spacial score (nSPS) is 12.1. The minimum Gasteiger partial charge on any atom is -0.258 e. The zero-order chi connectivity index (χ0) is 25.1. The molecule has 0 atom stereocenters. The van der Waals surface area contributed by atoms with Crippen LogP contribution in [0.25, 0.3) is 0 Å². The van der Waals surface area contributed by atoms with Gasteiger partial charge >= 0.3 is 0 Å². The van der Waals surface area contributed by atoms with Gasteiger partial charge in [0.2, 0.25) is 0 Å². The van der Waals surface area contributed by atoms with Crippen molar-refractivity contribution in [3.63, 3.8) is 0 Å². The average molecular weight is 464 g/mol. The highest BCUT2D eigenvalue weighted by molar-refractivity contribution is 5.58. The smallest absolute Gasteiger partial charge is 0.258 e. The molecule has 0 aliphatic rings. The van der Waals surface area contributed by atoms with E-state index in [4.69, 9.17) is 0 Å². The average Bonchev–Trinajstić information content (AvgIpc) is 2.88. The molecule has 0 saturated heterocycles. The summed E-state index contributed by atoms with van der Waals surface area (Å²) < 4.78 is 0. The lowest BCUT2D eigenvalue weighted by atomic mass is 9.73. The Balaban J connectivity index is 1.86. The Morgan fingerprint density at radius 3 is 1.54 bits per heavy atom. The molecule has 176 valence electrons. The molecule has 0 aliphatic carbocycles. The van der Waals surface area contributed by atoms with Crippen molar-refractivity contribution in [2.24, 2.45) is 10.2 Å². The molecule has 0 amide bonds. The Morgan fingerprint density at radius 2 is 1.06 bits per heavy atom. The topological polar surface area (TPSA) is 67.9 Å². The lowest BCUT2D eigenvalue weighted by molar-refractivity contribution is -0.384. The van der Waals surface area contributed by atoms with Gasteiger partial charge in [0, 0.05) is 16.9 Å². The highest BCUT2D eigenvalue weighted by Crippen LogP contribution is 2.40. The van der Waals surface area contributed by atoms with Gasteiger partial charge in [-0.1, -0.05) is 107 Å². The summed E-state index contributed by atoms with van der Waals surface area (Å²) in [6.07, 6.45) is 0. The Kier molecular flexibility index (Phi) is 6.61. The molecule has 5 heteroatoms. The Morgan fingerprint density at radius 1 is 0.600 bits per heavy atom. The molecule has 4 aromatic rings. The Bertz CT molecular complexity index is 1290. The van der Waals surface area contributed by atoms with Crippen molar-refractivity contribution in [1.29, 1.82) is 0 Å². The molecule has 0 saturated carbocycles. The van der Waals surface area contributed by atoms with E-state index in [1.54, 1.807) is 18.2 Å². The second kappa shape index (κ2) is 9.63. The predicted octanol–water partition coefficient (Wildman–Crippen LogP) is 8.66. The van der Waals surface area contributed by atoms with Crippen LogP contribution in [0.15, 0.2) is 113 Å². The number of azo groups is 1. The largest absolute Gasteiger partial charge is 0.296 e. The van der Waals surface area contributed by atoms with E-state index in [1.807, 2.05) is 48.5 Å². The predicted molar refractivity (Wildman–Crippen MR) is 141 cm³/mol. The molecule has 4 aromatic carbocycles. The van der Waals surface area contributed by atoms with Crippen molar-refractivity contribution >= 4 is 17.1 Å². The molecule has 0 fully saturated rings. The third-order valence-corrected chi connectivity index (χ3v) is 6.70. The first-order valence-electron chi connectivity index (χ1n) is 11.6. The van der Waals surface area contributed by atoms with Gasteiger partial charge in [-0.05, 0) is 40.5 Å². The number of hydrogen-bond donors (Lipinski definition) is 0. The first kappa shape index (κ1) is 24.0. The van der Waals surface area contributed by atoms with Gasteiger partial charge in [-0.2, -0.15) is 5.11 Å². The molecule has 0 aliphatic heterocycles. The van der Waals surface area contributed by atoms with E-state index in [2.05, 4.69) is 68.3 Å². The monoisotopic (exact) mass is 463 g/mol. The number of nitrogens with zero attached hydrogens (tertiary/aromatic N) is 3. The van der Waals surface area contributed by atoms with Crippen LogP contribution >= 0.6 is 0 Å². The molecular formula is C30H29N3O2. The summed E-state index contributed by atoms with van der Waals surface area (Å²) in [5, 5.41) is 20.2. The molecule has 0 radical (unpaired) electrons. The first-order valence-corrected chi connectivity index (χ1v) is 11.6. The van der Waals surface area contributed by atoms with Crippen molar-refractivity contribution in [3.05, 3.63) is 135 Å². The van der Waals surface area contributed by atoms with Crippen molar-refractivity contribution in [2.75, 3.05) is 0 Å². The molecule has 5 nitrogen and oxygen atoms in total. The van der Waals surface area contributed by atoms with Gasteiger partial charge in [0.05, 0.1) is 10.6 Å². The van der Waals surface area contributed by atoms with Gasteiger partial charge in [0.1, 0.15) is 0 Å². The van der Waals surface area contributed by atoms with E-state index in [1.165, 1.54) is 17.2 Å². The van der Waals surface area contributed by atoms with Crippen LogP contribution in [-0.4, -0.2) is 4.92 Å². The van der Waals surface area contributed by atoms with Crippen LogP contribution < -0.4 is 0 Å². The highest BCUT2D eigenvalue weighted by Gasteiger charge is 2.28. The van der Waals surface area contributed by atoms with Crippen LogP contribution in [0.3, 0.4) is 0 Å². The minimum atomic E-state index is -0.437.